The van der Waals surface area contributed by atoms with Gasteiger partial charge in [-0.2, -0.15) is 0 Å². The highest BCUT2D eigenvalue weighted by atomic mass is 35.5. The number of ether oxygens (including phenoxy) is 2. The van der Waals surface area contributed by atoms with E-state index in [4.69, 9.17) is 21.1 Å². The Kier molecular flexibility index (Phi) is 8.51. The number of allylic oxidation sites excluding steroid dienone is 4. The van der Waals surface area contributed by atoms with Crippen LogP contribution in [0, 0.1) is 20.9 Å². The van der Waals surface area contributed by atoms with Crippen molar-refractivity contribution in [2.24, 2.45) is 10.8 Å². The third-order valence-corrected chi connectivity index (χ3v) is 9.58. The summed E-state index contributed by atoms with van der Waals surface area (Å²) in [5.74, 6) is 0.0910. The van der Waals surface area contributed by atoms with Gasteiger partial charge in [-0.3, -0.25) is 19.7 Å². The van der Waals surface area contributed by atoms with Gasteiger partial charge in [0.1, 0.15) is 6.61 Å². The van der Waals surface area contributed by atoms with E-state index in [9.17, 15) is 19.7 Å². The number of nitro groups is 1. The maximum Gasteiger partial charge on any atom is 0.269 e. The number of hydrogen-bond donors (Lipinski definition) is 0. The molecule has 0 amide bonds. The van der Waals surface area contributed by atoms with E-state index in [1.165, 1.54) is 19.2 Å². The number of nitrogens with zero attached hydrogens (tertiary/aromatic N) is 2. The van der Waals surface area contributed by atoms with E-state index in [0.29, 0.717) is 60.3 Å². The molecule has 3 aromatic carbocycles. The second-order valence-corrected chi connectivity index (χ2v) is 14.8. The molecule has 0 bridgehead atoms. The number of hydrogen-bond acceptors (Lipinski definition) is 7. The quantitative estimate of drug-likeness (QED) is 0.177. The molecule has 9 heteroatoms. The molecule has 0 unspecified atom stereocenters. The average molecular weight is 655 g/mol. The van der Waals surface area contributed by atoms with Crippen molar-refractivity contribution in [3.63, 3.8) is 0 Å². The first-order valence-corrected chi connectivity index (χ1v) is 16.2. The topological polar surface area (TPSA) is 99.0 Å². The number of methoxy groups -OCH3 is 1. The molecule has 2 aliphatic carbocycles. The van der Waals surface area contributed by atoms with Crippen molar-refractivity contribution in [3.05, 3.63) is 121 Å². The minimum Gasteiger partial charge on any atom is -0.493 e. The summed E-state index contributed by atoms with van der Waals surface area (Å²) in [6.07, 6.45) is 2.13. The smallest absolute Gasteiger partial charge is 0.269 e. The van der Waals surface area contributed by atoms with E-state index >= 15 is 0 Å². The van der Waals surface area contributed by atoms with Crippen molar-refractivity contribution in [2.75, 3.05) is 7.11 Å². The zero-order valence-corrected chi connectivity index (χ0v) is 28.1. The van der Waals surface area contributed by atoms with Gasteiger partial charge in [0.15, 0.2) is 23.1 Å². The molecule has 0 fully saturated rings. The number of carbonyl (C=O) groups is 2. The van der Waals surface area contributed by atoms with E-state index in [-0.39, 0.29) is 45.5 Å². The molecular formula is C38H39ClN2O6. The Hall–Kier alpha value is -4.43. The number of rotatable bonds is 8. The first-order chi connectivity index (χ1) is 22.3. The highest BCUT2D eigenvalue weighted by Gasteiger charge is 2.49. The van der Waals surface area contributed by atoms with Crippen LogP contribution in [0.25, 0.3) is 0 Å². The summed E-state index contributed by atoms with van der Waals surface area (Å²) in [6, 6.07) is 19.9. The number of Topliss-reactive ketones (excluding diaryl/α,β-unsaturated/α-hetero) is 2. The second kappa shape index (κ2) is 12.3. The fraction of sp³-hybridized carbons (Fsp3) is 0.368. The number of carbonyl (C=O) groups excluding carboxylic acids is 2. The van der Waals surface area contributed by atoms with Gasteiger partial charge in [0, 0.05) is 60.0 Å². The van der Waals surface area contributed by atoms with Crippen molar-refractivity contribution in [1.82, 2.24) is 4.90 Å². The van der Waals surface area contributed by atoms with Gasteiger partial charge in [0.25, 0.3) is 5.69 Å². The van der Waals surface area contributed by atoms with Crippen LogP contribution >= 0.6 is 11.6 Å². The lowest BCUT2D eigenvalue weighted by molar-refractivity contribution is -0.384. The number of benzene rings is 3. The highest BCUT2D eigenvalue weighted by Crippen LogP contribution is 2.55. The molecule has 0 saturated heterocycles. The first kappa shape index (κ1) is 32.5. The molecule has 0 N–H and O–H groups in total. The Morgan fingerprint density at radius 1 is 0.851 bits per heavy atom. The molecule has 1 heterocycles. The minimum atomic E-state index is -0.601. The SMILES string of the molecule is COc1cc(C2C3=C(CC(C)(C)CC3=O)N(Cc3ccccc3)C3=C2C(=O)CC(C)(C)C3)cc(Cl)c1OCc1cccc([N+](=O)[O-])c1. The van der Waals surface area contributed by atoms with Crippen molar-refractivity contribution < 1.29 is 24.0 Å². The molecule has 8 nitrogen and oxygen atoms in total. The Balaban J connectivity index is 1.48. The summed E-state index contributed by atoms with van der Waals surface area (Å²) in [6.45, 7) is 9.08. The van der Waals surface area contributed by atoms with Crippen LogP contribution in [-0.4, -0.2) is 28.5 Å². The number of halogens is 1. The Morgan fingerprint density at radius 3 is 2.02 bits per heavy atom. The fourth-order valence-electron chi connectivity index (χ4n) is 7.30. The van der Waals surface area contributed by atoms with E-state index in [0.717, 1.165) is 17.0 Å². The van der Waals surface area contributed by atoms with E-state index in [2.05, 4.69) is 44.7 Å². The van der Waals surface area contributed by atoms with Crippen LogP contribution in [0.4, 0.5) is 5.69 Å². The van der Waals surface area contributed by atoms with Gasteiger partial charge in [-0.15, -0.1) is 0 Å². The molecule has 6 rings (SSSR count). The van der Waals surface area contributed by atoms with Gasteiger partial charge in [0.05, 0.1) is 17.1 Å². The Bertz CT molecular complexity index is 1790. The molecule has 0 atom stereocenters. The molecule has 47 heavy (non-hydrogen) atoms. The fourth-order valence-corrected chi connectivity index (χ4v) is 7.57. The third-order valence-electron chi connectivity index (χ3n) is 9.29. The molecule has 3 aromatic rings. The lowest BCUT2D eigenvalue weighted by Crippen LogP contribution is -2.44. The van der Waals surface area contributed by atoms with Crippen LogP contribution in [0.15, 0.2) is 89.3 Å². The van der Waals surface area contributed by atoms with E-state index < -0.39 is 10.8 Å². The standard InChI is InChI=1S/C38H39ClN2O6/c1-37(2)17-28-34(30(42)19-37)33(35-29(18-38(3,4)20-31(35)43)40(28)21-23-10-7-6-8-11-23)25-15-27(39)36(32(16-25)46-5)47-22-24-12-9-13-26(14-24)41(44)45/h6-16,33H,17-22H2,1-5H3. The van der Waals surface area contributed by atoms with Crippen LogP contribution in [0.1, 0.15) is 76.0 Å². The Labute approximate surface area is 280 Å². The van der Waals surface area contributed by atoms with Crippen LogP contribution in [-0.2, 0) is 22.7 Å². The normalized spacial score (nSPS) is 19.0. The molecule has 1 aliphatic heterocycles. The molecular weight excluding hydrogens is 616 g/mol. The van der Waals surface area contributed by atoms with Gasteiger partial charge in [-0.05, 0) is 52.5 Å². The van der Waals surface area contributed by atoms with Gasteiger partial charge in [0.2, 0.25) is 0 Å². The summed E-state index contributed by atoms with van der Waals surface area (Å²) in [7, 11) is 1.51. The van der Waals surface area contributed by atoms with Crippen LogP contribution in [0.2, 0.25) is 5.02 Å². The summed E-state index contributed by atoms with van der Waals surface area (Å²) in [4.78, 5) is 41.5. The Morgan fingerprint density at radius 2 is 1.45 bits per heavy atom. The summed E-state index contributed by atoms with van der Waals surface area (Å²) >= 11 is 6.90. The second-order valence-electron chi connectivity index (χ2n) is 14.4. The lowest BCUT2D eigenvalue weighted by atomic mass is 9.63. The molecule has 0 aromatic heterocycles. The predicted octanol–water partition coefficient (Wildman–Crippen LogP) is 8.72. The highest BCUT2D eigenvalue weighted by molar-refractivity contribution is 6.32. The number of non-ortho nitro benzene ring substituents is 1. The molecule has 0 spiro atoms. The van der Waals surface area contributed by atoms with E-state index in [1.54, 1.807) is 18.2 Å². The van der Waals surface area contributed by atoms with Crippen molar-refractivity contribution in [3.8, 4) is 11.5 Å². The van der Waals surface area contributed by atoms with Crippen molar-refractivity contribution in [2.45, 2.75) is 72.4 Å². The molecule has 0 radical (unpaired) electrons. The van der Waals surface area contributed by atoms with Gasteiger partial charge >= 0.3 is 0 Å². The maximum absolute atomic E-state index is 14.2. The predicted molar refractivity (Wildman–Crippen MR) is 180 cm³/mol. The monoisotopic (exact) mass is 654 g/mol. The van der Waals surface area contributed by atoms with Crippen LogP contribution < -0.4 is 9.47 Å². The van der Waals surface area contributed by atoms with Crippen molar-refractivity contribution >= 4 is 28.9 Å². The van der Waals surface area contributed by atoms with Crippen LogP contribution in [0.5, 0.6) is 11.5 Å². The first-order valence-electron chi connectivity index (χ1n) is 15.8. The lowest BCUT2D eigenvalue weighted by Gasteiger charge is -2.49. The van der Waals surface area contributed by atoms with Crippen molar-refractivity contribution in [1.29, 1.82) is 0 Å². The molecule has 3 aliphatic rings. The summed E-state index contributed by atoms with van der Waals surface area (Å²) in [5.41, 5.74) is 5.08. The largest absolute Gasteiger partial charge is 0.493 e. The minimum absolute atomic E-state index is 0.0285. The summed E-state index contributed by atoms with van der Waals surface area (Å²) < 4.78 is 11.8. The van der Waals surface area contributed by atoms with Gasteiger partial charge < -0.3 is 14.4 Å². The maximum atomic E-state index is 14.2. The van der Waals surface area contributed by atoms with E-state index in [1.807, 2.05) is 24.3 Å². The average Bonchev–Trinajstić information content (AvgIpc) is 3.00. The zero-order chi connectivity index (χ0) is 33.7. The number of nitro benzene ring substituents is 1. The van der Waals surface area contributed by atoms with Crippen LogP contribution in [0.3, 0.4) is 0 Å². The number of ketones is 2. The van der Waals surface area contributed by atoms with Gasteiger partial charge in [-0.1, -0.05) is 81.8 Å². The van der Waals surface area contributed by atoms with Gasteiger partial charge in [-0.25, -0.2) is 0 Å². The zero-order valence-electron chi connectivity index (χ0n) is 27.4. The summed E-state index contributed by atoms with van der Waals surface area (Å²) in [5, 5.41) is 11.5. The third kappa shape index (κ3) is 6.44. The molecule has 0 saturated carbocycles. The molecule has 244 valence electrons.